The number of nitrogens with one attached hydrogen (secondary N) is 1. The van der Waals surface area contributed by atoms with Gasteiger partial charge in [-0.2, -0.15) is 0 Å². The first-order valence-corrected chi connectivity index (χ1v) is 7.98. The minimum Gasteiger partial charge on any atom is -0.467 e. The molecule has 0 atom stereocenters. The molecule has 2 aromatic rings. The van der Waals surface area contributed by atoms with E-state index in [4.69, 9.17) is 39.8 Å². The topological polar surface area (TPSA) is 25.2 Å². The Morgan fingerprint density at radius 1 is 1.50 bits per heavy atom. The van der Waals surface area contributed by atoms with Gasteiger partial charge in [0.25, 0.3) is 0 Å². The zero-order valence-electron chi connectivity index (χ0n) is 9.11. The molecule has 0 saturated heterocycles. The molecule has 0 aliphatic carbocycles. The summed E-state index contributed by atoms with van der Waals surface area (Å²) in [5.74, 6) is 1.57. The number of hydrogen-bond acceptors (Lipinski definition) is 4. The highest BCUT2D eigenvalue weighted by Gasteiger charge is 2.07. The summed E-state index contributed by atoms with van der Waals surface area (Å²) < 4.78 is 7.34. The predicted octanol–water partition coefficient (Wildman–Crippen LogP) is 4.96. The molecule has 96 valence electrons. The molecule has 18 heavy (non-hydrogen) atoms. The maximum Gasteiger partial charge on any atom is 0.134 e. The third kappa shape index (κ3) is 4.17. The average molecular weight is 338 g/mol. The molecule has 2 nitrogen and oxygen atoms in total. The molecule has 2 rings (SSSR count). The third-order valence-corrected chi connectivity index (χ3v) is 5.00. The molecule has 2 aromatic heterocycles. The van der Waals surface area contributed by atoms with Gasteiger partial charge in [0.15, 0.2) is 0 Å². The van der Waals surface area contributed by atoms with E-state index in [9.17, 15) is 0 Å². The largest absolute Gasteiger partial charge is 0.467 e. The molecule has 7 heteroatoms. The highest BCUT2D eigenvalue weighted by atomic mass is 35.5. The maximum absolute atomic E-state index is 6.03. The fourth-order valence-corrected chi connectivity index (χ4v) is 3.83. The Kier molecular flexibility index (Phi) is 5.38. The van der Waals surface area contributed by atoms with Crippen molar-refractivity contribution in [2.75, 3.05) is 0 Å². The highest BCUT2D eigenvalue weighted by Crippen LogP contribution is 2.33. The molecule has 2 heterocycles. The normalized spacial score (nSPS) is 10.6. The fraction of sp³-hybridized carbons (Fsp3) is 0.182. The monoisotopic (exact) mass is 337 g/mol. The first-order chi connectivity index (χ1) is 8.65. The molecule has 0 saturated carbocycles. The lowest BCUT2D eigenvalue weighted by Crippen LogP contribution is -2.17. The summed E-state index contributed by atoms with van der Waals surface area (Å²) in [6, 6.07) is 5.62. The zero-order valence-corrected chi connectivity index (χ0v) is 13.1. The number of rotatable bonds is 4. The standard InChI is InChI=1S/C11H9Cl2NOS3/c12-9-4-7(10(13)18-9)6-17-11(16)14-5-8-2-1-3-15-8/h1-4H,5-6H2,(H,14,16). The predicted molar refractivity (Wildman–Crippen MR) is 83.8 cm³/mol. The summed E-state index contributed by atoms with van der Waals surface area (Å²) in [6.45, 7) is 0.594. The summed E-state index contributed by atoms with van der Waals surface area (Å²) >= 11 is 20.0. The van der Waals surface area contributed by atoms with E-state index in [1.165, 1.54) is 23.1 Å². The lowest BCUT2D eigenvalue weighted by Gasteiger charge is -2.05. The van der Waals surface area contributed by atoms with Crippen LogP contribution in [0.4, 0.5) is 0 Å². The Hall–Kier alpha value is -0.200. The van der Waals surface area contributed by atoms with Crippen molar-refractivity contribution in [1.29, 1.82) is 0 Å². The van der Waals surface area contributed by atoms with Crippen LogP contribution < -0.4 is 5.32 Å². The van der Waals surface area contributed by atoms with Crippen molar-refractivity contribution in [3.05, 3.63) is 44.5 Å². The van der Waals surface area contributed by atoms with E-state index in [0.29, 0.717) is 21.0 Å². The van der Waals surface area contributed by atoms with E-state index in [1.807, 2.05) is 18.2 Å². The van der Waals surface area contributed by atoms with Crippen molar-refractivity contribution in [3.63, 3.8) is 0 Å². The minimum absolute atomic E-state index is 0.594. The van der Waals surface area contributed by atoms with Gasteiger partial charge in [-0.15, -0.1) is 11.3 Å². The number of halogens is 2. The van der Waals surface area contributed by atoms with Gasteiger partial charge in [0.1, 0.15) is 10.1 Å². The lowest BCUT2D eigenvalue weighted by atomic mass is 10.4. The molecule has 0 unspecified atom stereocenters. The van der Waals surface area contributed by atoms with E-state index >= 15 is 0 Å². The SMILES string of the molecule is S=C(NCc1ccco1)SCc1cc(Cl)sc1Cl. The van der Waals surface area contributed by atoms with Crippen LogP contribution in [0.2, 0.25) is 8.67 Å². The molecular weight excluding hydrogens is 329 g/mol. The van der Waals surface area contributed by atoms with Gasteiger partial charge >= 0.3 is 0 Å². The van der Waals surface area contributed by atoms with Gasteiger partial charge in [-0.3, -0.25) is 0 Å². The maximum atomic E-state index is 6.03. The molecule has 0 fully saturated rings. The van der Waals surface area contributed by atoms with Crippen LogP contribution in [0.3, 0.4) is 0 Å². The van der Waals surface area contributed by atoms with Crippen molar-refractivity contribution in [3.8, 4) is 0 Å². The van der Waals surface area contributed by atoms with Crippen molar-refractivity contribution in [1.82, 2.24) is 5.32 Å². The second-order valence-electron chi connectivity index (χ2n) is 3.36. The number of thioether (sulfide) groups is 1. The van der Waals surface area contributed by atoms with Crippen molar-refractivity contribution < 1.29 is 4.42 Å². The number of furan rings is 1. The second kappa shape index (κ2) is 6.82. The molecule has 0 aromatic carbocycles. The highest BCUT2D eigenvalue weighted by molar-refractivity contribution is 8.22. The molecule has 0 radical (unpaired) electrons. The van der Waals surface area contributed by atoms with Crippen LogP contribution in [-0.4, -0.2) is 4.32 Å². The van der Waals surface area contributed by atoms with Crippen LogP contribution in [0.5, 0.6) is 0 Å². The van der Waals surface area contributed by atoms with Crippen molar-refractivity contribution >= 4 is 62.8 Å². The van der Waals surface area contributed by atoms with Gasteiger partial charge < -0.3 is 9.73 Å². The van der Waals surface area contributed by atoms with E-state index in [2.05, 4.69) is 5.32 Å². The molecule has 0 amide bonds. The Bertz CT molecular complexity index is 524. The summed E-state index contributed by atoms with van der Waals surface area (Å²) in [5, 5.41) is 3.11. The Balaban J connectivity index is 1.76. The molecule has 0 aliphatic heterocycles. The molecule has 1 N–H and O–H groups in total. The van der Waals surface area contributed by atoms with E-state index in [1.54, 1.807) is 6.26 Å². The quantitative estimate of drug-likeness (QED) is 0.797. The van der Waals surface area contributed by atoms with Crippen molar-refractivity contribution in [2.24, 2.45) is 0 Å². The minimum atomic E-state index is 0.594. The van der Waals surface area contributed by atoms with E-state index < -0.39 is 0 Å². The van der Waals surface area contributed by atoms with Crippen LogP contribution in [0.15, 0.2) is 28.9 Å². The molecule has 0 spiro atoms. The van der Waals surface area contributed by atoms with Crippen LogP contribution in [-0.2, 0) is 12.3 Å². The second-order valence-corrected chi connectivity index (χ2v) is 7.30. The van der Waals surface area contributed by atoms with Gasteiger partial charge in [0.05, 0.1) is 21.5 Å². The Morgan fingerprint density at radius 2 is 2.33 bits per heavy atom. The summed E-state index contributed by atoms with van der Waals surface area (Å²) in [7, 11) is 0. The molecular formula is C11H9Cl2NOS3. The Morgan fingerprint density at radius 3 is 2.94 bits per heavy atom. The fourth-order valence-electron chi connectivity index (χ4n) is 1.24. The van der Waals surface area contributed by atoms with Crippen LogP contribution in [0.1, 0.15) is 11.3 Å². The van der Waals surface area contributed by atoms with Crippen LogP contribution >= 0.6 is 58.5 Å². The molecule has 0 aliphatic rings. The number of thiocarbonyl (C=S) groups is 1. The summed E-state index contributed by atoms with van der Waals surface area (Å²) in [5.41, 5.74) is 1.01. The first-order valence-electron chi connectivity index (χ1n) is 5.02. The van der Waals surface area contributed by atoms with Gasteiger partial charge in [-0.05, 0) is 23.8 Å². The van der Waals surface area contributed by atoms with Crippen LogP contribution in [0.25, 0.3) is 0 Å². The zero-order chi connectivity index (χ0) is 13.0. The molecule has 0 bridgehead atoms. The van der Waals surface area contributed by atoms with Gasteiger partial charge in [-0.25, -0.2) is 0 Å². The third-order valence-electron chi connectivity index (χ3n) is 2.07. The number of thiophene rings is 1. The van der Waals surface area contributed by atoms with Crippen molar-refractivity contribution in [2.45, 2.75) is 12.3 Å². The first kappa shape index (κ1) is 14.2. The lowest BCUT2D eigenvalue weighted by molar-refractivity contribution is 0.504. The van der Waals surface area contributed by atoms with Crippen LogP contribution in [0, 0.1) is 0 Å². The van der Waals surface area contributed by atoms with Gasteiger partial charge in [-0.1, -0.05) is 47.2 Å². The van der Waals surface area contributed by atoms with Gasteiger partial charge in [0.2, 0.25) is 0 Å². The number of hydrogen-bond donors (Lipinski definition) is 1. The van der Waals surface area contributed by atoms with Gasteiger partial charge in [0, 0.05) is 5.75 Å². The summed E-state index contributed by atoms with van der Waals surface area (Å²) in [4.78, 5) is 0. The Labute approximate surface area is 129 Å². The summed E-state index contributed by atoms with van der Waals surface area (Å²) in [6.07, 6.45) is 1.64. The van der Waals surface area contributed by atoms with E-state index in [0.717, 1.165) is 15.7 Å². The average Bonchev–Trinajstić information content (AvgIpc) is 2.94. The smallest absolute Gasteiger partial charge is 0.134 e. The van der Waals surface area contributed by atoms with E-state index in [-0.39, 0.29) is 0 Å².